The van der Waals surface area contributed by atoms with Gasteiger partial charge in [-0.3, -0.25) is 0 Å². The van der Waals surface area contributed by atoms with E-state index in [1.807, 2.05) is 0 Å². The summed E-state index contributed by atoms with van der Waals surface area (Å²) in [5.74, 6) is 0.791. The molecule has 0 aliphatic carbocycles. The Kier molecular flexibility index (Phi) is 5.16. The van der Waals surface area contributed by atoms with Crippen molar-refractivity contribution in [2.45, 2.75) is 27.2 Å². The summed E-state index contributed by atoms with van der Waals surface area (Å²) in [4.78, 5) is 0. The molecule has 0 bridgehead atoms. The predicted octanol–water partition coefficient (Wildman–Crippen LogP) is 3.37. The van der Waals surface area contributed by atoms with Crippen LogP contribution >= 0.6 is 15.9 Å². The molecule has 0 rings (SSSR count). The minimum Gasteiger partial charge on any atom is -0.0880 e. The van der Waals surface area contributed by atoms with E-state index in [2.05, 4.69) is 42.8 Å². The fourth-order valence-electron chi connectivity index (χ4n) is 0.491. The van der Waals surface area contributed by atoms with Gasteiger partial charge in [-0.05, 0) is 19.3 Å². The third-order valence-corrected chi connectivity index (χ3v) is 2.03. The molecule has 0 saturated heterocycles. The Morgan fingerprint density at radius 1 is 1.56 bits per heavy atom. The monoisotopic (exact) mass is 190 g/mol. The van der Waals surface area contributed by atoms with Gasteiger partial charge in [0, 0.05) is 5.33 Å². The lowest BCUT2D eigenvalue weighted by Crippen LogP contribution is -1.84. The van der Waals surface area contributed by atoms with E-state index in [1.54, 1.807) is 0 Å². The number of allylic oxidation sites excluding steroid dienone is 2. The molecule has 54 valence electrons. The Morgan fingerprint density at radius 3 is 2.44 bits per heavy atom. The molecule has 0 aliphatic rings. The van der Waals surface area contributed by atoms with E-state index in [-0.39, 0.29) is 0 Å². The third-order valence-electron chi connectivity index (χ3n) is 1.15. The first kappa shape index (κ1) is 9.22. The first-order valence-corrected chi connectivity index (χ1v) is 4.50. The maximum Gasteiger partial charge on any atom is 0.0239 e. The Labute approximate surface area is 66.5 Å². The van der Waals surface area contributed by atoms with Crippen LogP contribution < -0.4 is 0 Å². The van der Waals surface area contributed by atoms with Crippen LogP contribution in [0.4, 0.5) is 0 Å². The van der Waals surface area contributed by atoms with Gasteiger partial charge in [-0.2, -0.15) is 0 Å². The SMILES string of the molecule is CC(=CCC(C)C)CBr. The molecule has 0 heterocycles. The number of hydrogen-bond donors (Lipinski definition) is 0. The van der Waals surface area contributed by atoms with Crippen molar-refractivity contribution >= 4 is 15.9 Å². The van der Waals surface area contributed by atoms with Gasteiger partial charge in [-0.15, -0.1) is 0 Å². The summed E-state index contributed by atoms with van der Waals surface area (Å²) >= 11 is 3.40. The van der Waals surface area contributed by atoms with Crippen LogP contribution in [0.25, 0.3) is 0 Å². The normalized spacial score (nSPS) is 12.8. The zero-order valence-corrected chi connectivity index (χ0v) is 8.03. The fraction of sp³-hybridized carbons (Fsp3) is 0.750. The van der Waals surface area contributed by atoms with Crippen molar-refractivity contribution in [1.29, 1.82) is 0 Å². The number of halogens is 1. The molecule has 0 atom stereocenters. The molecular weight excluding hydrogens is 176 g/mol. The average Bonchev–Trinajstić information content (AvgIpc) is 1.83. The molecule has 0 aliphatic heterocycles. The average molecular weight is 191 g/mol. The molecule has 0 amide bonds. The highest BCUT2D eigenvalue weighted by Gasteiger charge is 1.89. The van der Waals surface area contributed by atoms with Gasteiger partial charge in [0.2, 0.25) is 0 Å². The molecule has 1 heteroatoms. The summed E-state index contributed by atoms with van der Waals surface area (Å²) in [6.07, 6.45) is 3.50. The van der Waals surface area contributed by atoms with Crippen LogP contribution in [0.15, 0.2) is 11.6 Å². The van der Waals surface area contributed by atoms with Gasteiger partial charge in [0.25, 0.3) is 0 Å². The lowest BCUT2D eigenvalue weighted by atomic mass is 10.1. The molecule has 0 unspecified atom stereocenters. The van der Waals surface area contributed by atoms with Gasteiger partial charge in [-0.25, -0.2) is 0 Å². The van der Waals surface area contributed by atoms with Crippen molar-refractivity contribution in [3.63, 3.8) is 0 Å². The molecule has 0 nitrogen and oxygen atoms in total. The lowest BCUT2D eigenvalue weighted by molar-refractivity contribution is 0.661. The number of alkyl halides is 1. The van der Waals surface area contributed by atoms with E-state index in [0.717, 1.165) is 11.2 Å². The van der Waals surface area contributed by atoms with Crippen LogP contribution in [0, 0.1) is 5.92 Å². The molecule has 0 spiro atoms. The van der Waals surface area contributed by atoms with E-state index < -0.39 is 0 Å². The van der Waals surface area contributed by atoms with E-state index >= 15 is 0 Å². The number of hydrogen-bond acceptors (Lipinski definition) is 0. The van der Waals surface area contributed by atoms with Gasteiger partial charge in [0.05, 0.1) is 0 Å². The standard InChI is InChI=1S/C8H15Br/c1-7(2)4-5-8(3)6-9/h5,7H,4,6H2,1-3H3. The molecule has 0 aromatic carbocycles. The van der Waals surface area contributed by atoms with Gasteiger partial charge >= 0.3 is 0 Å². The zero-order chi connectivity index (χ0) is 7.28. The van der Waals surface area contributed by atoms with Crippen LogP contribution in [0.2, 0.25) is 0 Å². The summed E-state index contributed by atoms with van der Waals surface area (Å²) < 4.78 is 0. The molecule has 0 N–H and O–H groups in total. The van der Waals surface area contributed by atoms with Crippen molar-refractivity contribution in [3.05, 3.63) is 11.6 Å². The highest BCUT2D eigenvalue weighted by Crippen LogP contribution is 2.05. The Hall–Kier alpha value is 0.220. The third kappa shape index (κ3) is 6.10. The maximum absolute atomic E-state index is 3.40. The maximum atomic E-state index is 3.40. The Morgan fingerprint density at radius 2 is 2.11 bits per heavy atom. The van der Waals surface area contributed by atoms with E-state index in [4.69, 9.17) is 0 Å². The summed E-state index contributed by atoms with van der Waals surface area (Å²) in [6.45, 7) is 6.62. The van der Waals surface area contributed by atoms with E-state index in [0.29, 0.717) is 0 Å². The highest BCUT2D eigenvalue weighted by molar-refractivity contribution is 9.09. The molecule has 0 saturated carbocycles. The summed E-state index contributed by atoms with van der Waals surface area (Å²) in [5.41, 5.74) is 1.43. The molecule has 9 heavy (non-hydrogen) atoms. The quantitative estimate of drug-likeness (QED) is 0.473. The summed E-state index contributed by atoms with van der Waals surface area (Å²) in [7, 11) is 0. The van der Waals surface area contributed by atoms with Crippen LogP contribution in [-0.4, -0.2) is 5.33 Å². The number of rotatable bonds is 3. The molecule has 0 aromatic rings. The smallest absolute Gasteiger partial charge is 0.0239 e. The molecule has 0 radical (unpaired) electrons. The van der Waals surface area contributed by atoms with Crippen LogP contribution in [0.3, 0.4) is 0 Å². The minimum atomic E-state index is 0.791. The predicted molar refractivity (Wildman–Crippen MR) is 47.0 cm³/mol. The topological polar surface area (TPSA) is 0 Å². The second-order valence-corrected chi connectivity index (χ2v) is 3.37. The van der Waals surface area contributed by atoms with Crippen LogP contribution in [-0.2, 0) is 0 Å². The zero-order valence-electron chi connectivity index (χ0n) is 6.45. The highest BCUT2D eigenvalue weighted by atomic mass is 79.9. The van der Waals surface area contributed by atoms with E-state index in [1.165, 1.54) is 12.0 Å². The van der Waals surface area contributed by atoms with Crippen molar-refractivity contribution in [2.24, 2.45) is 5.92 Å². The fourth-order valence-corrected chi connectivity index (χ4v) is 0.720. The second-order valence-electron chi connectivity index (χ2n) is 2.81. The molecular formula is C8H15Br. The minimum absolute atomic E-state index is 0.791. The van der Waals surface area contributed by atoms with Gasteiger partial charge in [0.1, 0.15) is 0 Å². The van der Waals surface area contributed by atoms with E-state index in [9.17, 15) is 0 Å². The molecule has 0 fully saturated rings. The molecule has 0 aromatic heterocycles. The van der Waals surface area contributed by atoms with Gasteiger partial charge < -0.3 is 0 Å². The van der Waals surface area contributed by atoms with Crippen molar-refractivity contribution in [3.8, 4) is 0 Å². The van der Waals surface area contributed by atoms with Crippen LogP contribution in [0.1, 0.15) is 27.2 Å². The van der Waals surface area contributed by atoms with Crippen molar-refractivity contribution in [1.82, 2.24) is 0 Å². The second kappa shape index (κ2) is 5.04. The summed E-state index contributed by atoms with van der Waals surface area (Å²) in [5, 5.41) is 1.01. The van der Waals surface area contributed by atoms with Gasteiger partial charge in [-0.1, -0.05) is 41.4 Å². The largest absolute Gasteiger partial charge is 0.0880 e. The van der Waals surface area contributed by atoms with Crippen molar-refractivity contribution < 1.29 is 0 Å². The first-order valence-electron chi connectivity index (χ1n) is 3.38. The lowest BCUT2D eigenvalue weighted by Gasteiger charge is -1.98. The van der Waals surface area contributed by atoms with Gasteiger partial charge in [0.15, 0.2) is 0 Å². The van der Waals surface area contributed by atoms with Crippen LogP contribution in [0.5, 0.6) is 0 Å². The Bertz CT molecular complexity index is 92.7. The van der Waals surface area contributed by atoms with Crippen molar-refractivity contribution in [2.75, 3.05) is 5.33 Å². The Balaban J connectivity index is 3.43. The summed E-state index contributed by atoms with van der Waals surface area (Å²) in [6, 6.07) is 0. The first-order chi connectivity index (χ1) is 4.16.